The van der Waals surface area contributed by atoms with Gasteiger partial charge < -0.3 is 10.2 Å². The summed E-state index contributed by atoms with van der Waals surface area (Å²) in [6, 6.07) is 16.6. The second-order valence-corrected chi connectivity index (χ2v) is 13.8. The van der Waals surface area contributed by atoms with Gasteiger partial charge >= 0.3 is 0 Å². The van der Waals surface area contributed by atoms with Crippen molar-refractivity contribution in [2.24, 2.45) is 0 Å². The van der Waals surface area contributed by atoms with Gasteiger partial charge in [0.15, 0.2) is 0 Å². The van der Waals surface area contributed by atoms with Crippen LogP contribution in [0.4, 0.5) is 5.69 Å². The van der Waals surface area contributed by atoms with Crippen LogP contribution in [0.3, 0.4) is 0 Å². The zero-order valence-electron chi connectivity index (χ0n) is 23.6. The van der Waals surface area contributed by atoms with Gasteiger partial charge in [-0.25, -0.2) is 8.42 Å². The summed E-state index contributed by atoms with van der Waals surface area (Å²) in [7, 11) is -4.20. The van der Waals surface area contributed by atoms with Crippen LogP contribution in [-0.2, 0) is 26.2 Å². The molecular formula is C30H34Cl3N3O4S. The summed E-state index contributed by atoms with van der Waals surface area (Å²) in [6.45, 7) is 8.48. The molecule has 11 heteroatoms. The molecule has 7 nitrogen and oxygen atoms in total. The number of benzene rings is 3. The van der Waals surface area contributed by atoms with Crippen molar-refractivity contribution in [1.82, 2.24) is 10.2 Å². The lowest BCUT2D eigenvalue weighted by Gasteiger charge is -2.35. The first kappa shape index (κ1) is 32.7. The van der Waals surface area contributed by atoms with E-state index in [1.54, 1.807) is 62.4 Å². The predicted molar refractivity (Wildman–Crippen MR) is 166 cm³/mol. The number of nitrogens with one attached hydrogen (secondary N) is 1. The molecule has 3 rings (SSSR count). The van der Waals surface area contributed by atoms with E-state index in [1.807, 2.05) is 20.8 Å². The third kappa shape index (κ3) is 8.38. The Hall–Kier alpha value is -2.78. The first-order valence-corrected chi connectivity index (χ1v) is 15.6. The van der Waals surface area contributed by atoms with Crippen LogP contribution in [-0.4, -0.2) is 43.3 Å². The number of aryl methyl sites for hydroxylation is 1. The van der Waals surface area contributed by atoms with Crippen molar-refractivity contribution in [1.29, 1.82) is 0 Å². The van der Waals surface area contributed by atoms with Crippen molar-refractivity contribution in [2.75, 3.05) is 10.8 Å². The summed E-state index contributed by atoms with van der Waals surface area (Å²) in [6.07, 6.45) is 0.278. The molecule has 1 atom stereocenters. The van der Waals surface area contributed by atoms with Gasteiger partial charge in [0.05, 0.1) is 10.6 Å². The number of nitrogens with zero attached hydrogens (tertiary/aromatic N) is 2. The van der Waals surface area contributed by atoms with Gasteiger partial charge in [-0.2, -0.15) is 0 Å². The lowest BCUT2D eigenvalue weighted by atomic mass is 10.1. The number of anilines is 1. The largest absolute Gasteiger partial charge is 0.350 e. The minimum absolute atomic E-state index is 0.00862. The summed E-state index contributed by atoms with van der Waals surface area (Å²) >= 11 is 18.9. The molecule has 1 N–H and O–H groups in total. The van der Waals surface area contributed by atoms with Crippen molar-refractivity contribution in [3.63, 3.8) is 0 Å². The Labute approximate surface area is 257 Å². The normalized spacial score (nSPS) is 12.5. The van der Waals surface area contributed by atoms with E-state index in [0.717, 1.165) is 9.87 Å². The molecule has 0 unspecified atom stereocenters. The van der Waals surface area contributed by atoms with Gasteiger partial charge in [-0.1, -0.05) is 72.1 Å². The van der Waals surface area contributed by atoms with Crippen molar-refractivity contribution in [2.45, 2.75) is 64.1 Å². The van der Waals surface area contributed by atoms with Crippen molar-refractivity contribution in [3.8, 4) is 0 Å². The minimum Gasteiger partial charge on any atom is -0.350 e. The molecule has 0 radical (unpaired) electrons. The number of hydrogen-bond acceptors (Lipinski definition) is 4. The molecule has 0 heterocycles. The lowest BCUT2D eigenvalue weighted by molar-refractivity contribution is -0.141. The highest BCUT2D eigenvalue weighted by molar-refractivity contribution is 7.92. The molecule has 0 saturated heterocycles. The predicted octanol–water partition coefficient (Wildman–Crippen LogP) is 6.87. The van der Waals surface area contributed by atoms with Crippen molar-refractivity contribution >= 4 is 62.3 Å². The first-order valence-electron chi connectivity index (χ1n) is 13.0. The third-order valence-electron chi connectivity index (χ3n) is 6.29. The molecule has 0 aliphatic carbocycles. The summed E-state index contributed by atoms with van der Waals surface area (Å²) < 4.78 is 28.8. The number of carbonyl (C=O) groups is 2. The van der Waals surface area contributed by atoms with E-state index in [-0.39, 0.29) is 29.5 Å². The number of sulfonamides is 1. The molecule has 41 heavy (non-hydrogen) atoms. The Balaban J connectivity index is 2.11. The molecule has 3 aromatic carbocycles. The molecule has 0 saturated carbocycles. The number of hydrogen-bond donors (Lipinski definition) is 1. The van der Waals surface area contributed by atoms with E-state index in [4.69, 9.17) is 34.8 Å². The molecular weight excluding hydrogens is 605 g/mol. The highest BCUT2D eigenvalue weighted by Gasteiger charge is 2.35. The average Bonchev–Trinajstić information content (AvgIpc) is 2.89. The van der Waals surface area contributed by atoms with Crippen LogP contribution in [0.1, 0.15) is 45.2 Å². The second-order valence-electron chi connectivity index (χ2n) is 10.7. The molecule has 220 valence electrons. The van der Waals surface area contributed by atoms with Crippen LogP contribution in [0.2, 0.25) is 15.1 Å². The molecule has 3 aromatic rings. The molecule has 0 fully saturated rings. The van der Waals surface area contributed by atoms with E-state index in [1.165, 1.54) is 23.1 Å². The van der Waals surface area contributed by atoms with E-state index >= 15 is 0 Å². The Morgan fingerprint density at radius 3 is 2.15 bits per heavy atom. The van der Waals surface area contributed by atoms with Crippen LogP contribution in [0.25, 0.3) is 0 Å². The van der Waals surface area contributed by atoms with Crippen LogP contribution in [0, 0.1) is 6.92 Å². The maximum Gasteiger partial charge on any atom is 0.264 e. The smallest absolute Gasteiger partial charge is 0.264 e. The fourth-order valence-corrected chi connectivity index (χ4v) is 6.26. The Morgan fingerprint density at radius 1 is 0.927 bits per heavy atom. The fourth-order valence-electron chi connectivity index (χ4n) is 4.19. The molecule has 0 aromatic heterocycles. The molecule has 2 amide bonds. The van der Waals surface area contributed by atoms with Crippen molar-refractivity contribution < 1.29 is 18.0 Å². The standard InChI is InChI=1S/C30H34Cl3N3O4S/c1-6-27(29(38)34-30(3,4)5)35(18-21-13-14-22(31)16-26(21)33)28(37)19-36(23-15-12-20(2)25(32)17-23)41(39,40)24-10-8-7-9-11-24/h7-17,27H,6,18-19H2,1-5H3,(H,34,38)/t27-/m0/s1. The Bertz CT molecular complexity index is 1510. The number of amides is 2. The van der Waals surface area contributed by atoms with Crippen LogP contribution < -0.4 is 9.62 Å². The van der Waals surface area contributed by atoms with E-state index in [9.17, 15) is 18.0 Å². The zero-order valence-corrected chi connectivity index (χ0v) is 26.7. The van der Waals surface area contributed by atoms with Gasteiger partial charge in [0, 0.05) is 27.2 Å². The Morgan fingerprint density at radius 2 is 1.59 bits per heavy atom. The molecule has 0 aliphatic rings. The van der Waals surface area contributed by atoms with Crippen LogP contribution in [0.5, 0.6) is 0 Å². The molecule has 0 aliphatic heterocycles. The highest BCUT2D eigenvalue weighted by atomic mass is 35.5. The van der Waals surface area contributed by atoms with E-state index in [0.29, 0.717) is 20.6 Å². The average molecular weight is 639 g/mol. The fraction of sp³-hybridized carbons (Fsp3) is 0.333. The minimum atomic E-state index is -4.20. The number of carbonyl (C=O) groups excluding carboxylic acids is 2. The van der Waals surface area contributed by atoms with E-state index in [2.05, 4.69) is 5.32 Å². The summed E-state index contributed by atoms with van der Waals surface area (Å²) in [5.41, 5.74) is 0.970. The summed E-state index contributed by atoms with van der Waals surface area (Å²) in [5, 5.41) is 4.03. The highest BCUT2D eigenvalue weighted by Crippen LogP contribution is 2.29. The lowest BCUT2D eigenvalue weighted by Crippen LogP contribution is -2.55. The van der Waals surface area contributed by atoms with Crippen LogP contribution in [0.15, 0.2) is 71.6 Å². The quantitative estimate of drug-likeness (QED) is 0.263. The van der Waals surface area contributed by atoms with E-state index < -0.39 is 34.1 Å². The monoisotopic (exact) mass is 637 g/mol. The Kier molecular flexibility index (Phi) is 10.7. The van der Waals surface area contributed by atoms with Gasteiger partial charge in [0.25, 0.3) is 10.0 Å². The van der Waals surface area contributed by atoms with Crippen molar-refractivity contribution in [3.05, 3.63) is 92.9 Å². The van der Waals surface area contributed by atoms with Gasteiger partial charge in [-0.3, -0.25) is 13.9 Å². The first-order chi connectivity index (χ1) is 19.1. The molecule has 0 bridgehead atoms. The summed E-state index contributed by atoms with van der Waals surface area (Å²) in [5.74, 6) is -0.961. The number of halogens is 3. The van der Waals surface area contributed by atoms with Crippen LogP contribution >= 0.6 is 34.8 Å². The third-order valence-corrected chi connectivity index (χ3v) is 9.08. The molecule has 0 spiro atoms. The van der Waals surface area contributed by atoms with Gasteiger partial charge in [-0.15, -0.1) is 0 Å². The topological polar surface area (TPSA) is 86.8 Å². The van der Waals surface area contributed by atoms with Gasteiger partial charge in [-0.05, 0) is 81.6 Å². The van der Waals surface area contributed by atoms with Gasteiger partial charge in [0.1, 0.15) is 12.6 Å². The second kappa shape index (κ2) is 13.5. The SMILES string of the molecule is CC[C@@H](C(=O)NC(C)(C)C)N(Cc1ccc(Cl)cc1Cl)C(=O)CN(c1ccc(C)c(Cl)c1)S(=O)(=O)c1ccccc1. The summed E-state index contributed by atoms with van der Waals surface area (Å²) in [4.78, 5) is 28.9. The zero-order chi connectivity index (χ0) is 30.5. The maximum atomic E-state index is 14.1. The number of rotatable bonds is 10. The van der Waals surface area contributed by atoms with Gasteiger partial charge in [0.2, 0.25) is 11.8 Å². The maximum absolute atomic E-state index is 14.1.